The molecule has 19 heavy (non-hydrogen) atoms. The summed E-state index contributed by atoms with van der Waals surface area (Å²) in [5.41, 5.74) is 7.86. The first kappa shape index (κ1) is 11.9. The van der Waals surface area contributed by atoms with Gasteiger partial charge in [0.1, 0.15) is 5.82 Å². The van der Waals surface area contributed by atoms with E-state index in [9.17, 15) is 0 Å². The molecule has 0 fully saturated rings. The van der Waals surface area contributed by atoms with Crippen LogP contribution in [0.25, 0.3) is 22.0 Å². The summed E-state index contributed by atoms with van der Waals surface area (Å²) in [6, 6.07) is 14.8. The quantitative estimate of drug-likeness (QED) is 0.750. The van der Waals surface area contributed by atoms with Crippen LogP contribution in [-0.4, -0.2) is 16.5 Å². The molecule has 3 nitrogen and oxygen atoms in total. The molecule has 1 heterocycles. The van der Waals surface area contributed by atoms with E-state index >= 15 is 0 Å². The van der Waals surface area contributed by atoms with Crippen molar-refractivity contribution < 1.29 is 0 Å². The molecule has 0 amide bonds. The van der Waals surface area contributed by atoms with Crippen molar-refractivity contribution in [1.29, 1.82) is 0 Å². The SMILES string of the molecule is CC(CN)c1ncc(-c2ccc3ccccc3c2)[nH]1. The maximum atomic E-state index is 5.67. The van der Waals surface area contributed by atoms with E-state index in [0.29, 0.717) is 6.54 Å². The molecular formula is C16H17N3. The third kappa shape index (κ3) is 2.25. The Morgan fingerprint density at radius 1 is 1.16 bits per heavy atom. The van der Waals surface area contributed by atoms with Crippen LogP contribution < -0.4 is 5.73 Å². The van der Waals surface area contributed by atoms with Crippen molar-refractivity contribution in [2.45, 2.75) is 12.8 Å². The highest BCUT2D eigenvalue weighted by Gasteiger charge is 2.09. The molecule has 0 saturated heterocycles. The zero-order valence-corrected chi connectivity index (χ0v) is 10.9. The number of fused-ring (bicyclic) bond motifs is 1. The largest absolute Gasteiger partial charge is 0.342 e. The van der Waals surface area contributed by atoms with E-state index < -0.39 is 0 Å². The van der Waals surface area contributed by atoms with Gasteiger partial charge in [0.25, 0.3) is 0 Å². The van der Waals surface area contributed by atoms with Crippen LogP contribution in [0, 0.1) is 0 Å². The fourth-order valence-electron chi connectivity index (χ4n) is 2.20. The van der Waals surface area contributed by atoms with Crippen molar-refractivity contribution >= 4 is 10.8 Å². The summed E-state index contributed by atoms with van der Waals surface area (Å²) in [6.45, 7) is 2.67. The minimum atomic E-state index is 0.259. The number of hydrogen-bond donors (Lipinski definition) is 2. The van der Waals surface area contributed by atoms with Crippen molar-refractivity contribution in [2.75, 3.05) is 6.54 Å². The van der Waals surface area contributed by atoms with Crippen LogP contribution in [0.2, 0.25) is 0 Å². The van der Waals surface area contributed by atoms with Gasteiger partial charge in [-0.25, -0.2) is 4.98 Å². The van der Waals surface area contributed by atoms with E-state index in [1.54, 1.807) is 0 Å². The van der Waals surface area contributed by atoms with Crippen LogP contribution in [0.1, 0.15) is 18.7 Å². The highest BCUT2D eigenvalue weighted by Crippen LogP contribution is 2.24. The first-order valence-electron chi connectivity index (χ1n) is 6.52. The van der Waals surface area contributed by atoms with E-state index in [2.05, 4.69) is 59.4 Å². The summed E-state index contributed by atoms with van der Waals surface area (Å²) in [4.78, 5) is 7.76. The Balaban J connectivity index is 2.01. The highest BCUT2D eigenvalue weighted by molar-refractivity contribution is 5.86. The molecule has 0 aliphatic carbocycles. The number of nitrogens with one attached hydrogen (secondary N) is 1. The van der Waals surface area contributed by atoms with Crippen LogP contribution in [-0.2, 0) is 0 Å². The first-order chi connectivity index (χ1) is 9.28. The summed E-state index contributed by atoms with van der Waals surface area (Å²) in [5, 5.41) is 2.49. The van der Waals surface area contributed by atoms with Gasteiger partial charge < -0.3 is 10.7 Å². The smallest absolute Gasteiger partial charge is 0.110 e. The van der Waals surface area contributed by atoms with Gasteiger partial charge in [0, 0.05) is 18.0 Å². The second-order valence-corrected chi connectivity index (χ2v) is 4.88. The van der Waals surface area contributed by atoms with Crippen LogP contribution in [0.5, 0.6) is 0 Å². The van der Waals surface area contributed by atoms with Crippen molar-refractivity contribution in [1.82, 2.24) is 9.97 Å². The molecule has 2 aromatic carbocycles. The van der Waals surface area contributed by atoms with Gasteiger partial charge in [-0.2, -0.15) is 0 Å². The molecular weight excluding hydrogens is 234 g/mol. The molecule has 0 spiro atoms. The molecule has 96 valence electrons. The number of imidazole rings is 1. The van der Waals surface area contributed by atoms with E-state index in [1.165, 1.54) is 10.8 Å². The topological polar surface area (TPSA) is 54.7 Å². The van der Waals surface area contributed by atoms with Crippen molar-refractivity contribution in [3.8, 4) is 11.3 Å². The first-order valence-corrected chi connectivity index (χ1v) is 6.52. The Bertz CT molecular complexity index is 700. The maximum Gasteiger partial charge on any atom is 0.110 e. The summed E-state index contributed by atoms with van der Waals surface area (Å²) < 4.78 is 0. The summed E-state index contributed by atoms with van der Waals surface area (Å²) >= 11 is 0. The number of H-pyrrole nitrogens is 1. The lowest BCUT2D eigenvalue weighted by molar-refractivity contribution is 0.725. The number of aromatic nitrogens is 2. The number of nitrogens with zero attached hydrogens (tertiary/aromatic N) is 1. The molecule has 0 aliphatic rings. The molecule has 3 rings (SSSR count). The monoisotopic (exact) mass is 251 g/mol. The Morgan fingerprint density at radius 2 is 1.95 bits per heavy atom. The molecule has 3 aromatic rings. The molecule has 3 N–H and O–H groups in total. The number of hydrogen-bond acceptors (Lipinski definition) is 2. The van der Waals surface area contributed by atoms with E-state index in [4.69, 9.17) is 5.73 Å². The van der Waals surface area contributed by atoms with Crippen molar-refractivity contribution in [3.05, 3.63) is 54.5 Å². The minimum Gasteiger partial charge on any atom is -0.342 e. The summed E-state index contributed by atoms with van der Waals surface area (Å²) in [5.74, 6) is 1.21. The summed E-state index contributed by atoms with van der Waals surface area (Å²) in [6.07, 6.45) is 1.88. The standard InChI is InChI=1S/C16H17N3/c1-11(9-17)16-18-10-15(19-16)14-7-6-12-4-2-3-5-13(12)8-14/h2-8,10-11H,9,17H2,1H3,(H,18,19). The zero-order chi connectivity index (χ0) is 13.2. The third-order valence-corrected chi connectivity index (χ3v) is 3.48. The van der Waals surface area contributed by atoms with E-state index in [-0.39, 0.29) is 5.92 Å². The molecule has 0 saturated carbocycles. The van der Waals surface area contributed by atoms with Gasteiger partial charge in [0.05, 0.1) is 11.9 Å². The Kier molecular flexibility index (Phi) is 3.05. The molecule has 1 unspecified atom stereocenters. The molecule has 0 bridgehead atoms. The fraction of sp³-hybridized carbons (Fsp3) is 0.188. The summed E-state index contributed by atoms with van der Waals surface area (Å²) in [7, 11) is 0. The fourth-order valence-corrected chi connectivity index (χ4v) is 2.20. The Morgan fingerprint density at radius 3 is 2.74 bits per heavy atom. The van der Waals surface area contributed by atoms with Gasteiger partial charge in [-0.1, -0.05) is 43.3 Å². The lowest BCUT2D eigenvalue weighted by atomic mass is 10.1. The maximum absolute atomic E-state index is 5.67. The van der Waals surface area contributed by atoms with Crippen LogP contribution in [0.15, 0.2) is 48.7 Å². The van der Waals surface area contributed by atoms with Crippen LogP contribution in [0.3, 0.4) is 0 Å². The Hall–Kier alpha value is -2.13. The van der Waals surface area contributed by atoms with Gasteiger partial charge in [0.2, 0.25) is 0 Å². The third-order valence-electron chi connectivity index (χ3n) is 3.48. The Labute approximate surface area is 112 Å². The van der Waals surface area contributed by atoms with Gasteiger partial charge in [-0.05, 0) is 16.8 Å². The van der Waals surface area contributed by atoms with Gasteiger partial charge in [-0.3, -0.25) is 0 Å². The minimum absolute atomic E-state index is 0.259. The molecule has 0 aliphatic heterocycles. The van der Waals surface area contributed by atoms with Gasteiger partial charge in [-0.15, -0.1) is 0 Å². The zero-order valence-electron chi connectivity index (χ0n) is 10.9. The second-order valence-electron chi connectivity index (χ2n) is 4.88. The second kappa shape index (κ2) is 4.86. The predicted molar refractivity (Wildman–Crippen MR) is 79.0 cm³/mol. The highest BCUT2D eigenvalue weighted by atomic mass is 14.9. The van der Waals surface area contributed by atoms with Crippen molar-refractivity contribution in [3.63, 3.8) is 0 Å². The average molecular weight is 251 g/mol. The molecule has 3 heteroatoms. The lowest BCUT2D eigenvalue weighted by Gasteiger charge is -2.04. The normalized spacial score (nSPS) is 12.7. The number of rotatable bonds is 3. The van der Waals surface area contributed by atoms with Crippen molar-refractivity contribution in [2.24, 2.45) is 5.73 Å². The van der Waals surface area contributed by atoms with Gasteiger partial charge >= 0.3 is 0 Å². The molecule has 1 aromatic heterocycles. The van der Waals surface area contributed by atoms with Crippen LogP contribution in [0.4, 0.5) is 0 Å². The lowest BCUT2D eigenvalue weighted by Crippen LogP contribution is -2.10. The molecule has 1 atom stereocenters. The van der Waals surface area contributed by atoms with E-state index in [0.717, 1.165) is 17.1 Å². The van der Waals surface area contributed by atoms with Gasteiger partial charge in [0.15, 0.2) is 0 Å². The average Bonchev–Trinajstić information content (AvgIpc) is 2.95. The number of nitrogens with two attached hydrogens (primary N) is 1. The number of benzene rings is 2. The molecule has 0 radical (unpaired) electrons. The van der Waals surface area contributed by atoms with Crippen LogP contribution >= 0.6 is 0 Å². The predicted octanol–water partition coefficient (Wildman–Crippen LogP) is 3.29. The van der Waals surface area contributed by atoms with E-state index in [1.807, 2.05) is 6.20 Å². The number of aromatic amines is 1.